The predicted molar refractivity (Wildman–Crippen MR) is 73.2 cm³/mol. The molecule has 84 valence electrons. The molecule has 2 aromatic rings. The lowest BCUT2D eigenvalue weighted by atomic mass is 9.79. The minimum Gasteiger partial charge on any atom is -0.356 e. The van der Waals surface area contributed by atoms with Gasteiger partial charge in [-0.25, -0.2) is 4.98 Å². The zero-order valence-electron chi connectivity index (χ0n) is 9.09. The SMILES string of the molecule is CC1(Nc2nc3cc(Br)ccc3s2)CCC1. The fourth-order valence-electron chi connectivity index (χ4n) is 2.04. The van der Waals surface area contributed by atoms with Crippen molar-refractivity contribution in [3.8, 4) is 0 Å². The number of aromatic nitrogens is 1. The number of halogens is 1. The van der Waals surface area contributed by atoms with Crippen molar-refractivity contribution in [1.82, 2.24) is 4.98 Å². The minimum absolute atomic E-state index is 0.283. The van der Waals surface area contributed by atoms with Crippen LogP contribution < -0.4 is 5.32 Å². The molecule has 1 saturated carbocycles. The van der Waals surface area contributed by atoms with E-state index in [1.165, 1.54) is 24.0 Å². The van der Waals surface area contributed by atoms with E-state index in [9.17, 15) is 0 Å². The molecule has 0 saturated heterocycles. The first-order chi connectivity index (χ1) is 7.65. The van der Waals surface area contributed by atoms with Gasteiger partial charge in [-0.15, -0.1) is 0 Å². The summed E-state index contributed by atoms with van der Waals surface area (Å²) >= 11 is 5.21. The second kappa shape index (κ2) is 3.70. The van der Waals surface area contributed by atoms with E-state index in [-0.39, 0.29) is 5.54 Å². The van der Waals surface area contributed by atoms with Crippen LogP contribution in [0.1, 0.15) is 26.2 Å². The Bertz CT molecular complexity index is 531. The standard InChI is InChI=1S/C12H13BrN2S/c1-12(5-2-6-12)15-11-14-9-7-8(13)3-4-10(9)16-11/h3-4,7H,2,5-6H2,1H3,(H,14,15). The van der Waals surface area contributed by atoms with Crippen molar-refractivity contribution in [3.05, 3.63) is 22.7 Å². The minimum atomic E-state index is 0.283. The van der Waals surface area contributed by atoms with Gasteiger partial charge >= 0.3 is 0 Å². The number of thiazole rings is 1. The highest BCUT2D eigenvalue weighted by molar-refractivity contribution is 9.10. The lowest BCUT2D eigenvalue weighted by Gasteiger charge is -2.39. The highest BCUT2D eigenvalue weighted by atomic mass is 79.9. The van der Waals surface area contributed by atoms with Gasteiger partial charge in [0, 0.05) is 10.0 Å². The van der Waals surface area contributed by atoms with Crippen LogP contribution in [0.15, 0.2) is 22.7 Å². The number of hydrogen-bond donors (Lipinski definition) is 1. The summed E-state index contributed by atoms with van der Waals surface area (Å²) in [5.74, 6) is 0. The number of hydrogen-bond acceptors (Lipinski definition) is 3. The van der Waals surface area contributed by atoms with Crippen LogP contribution in [0.4, 0.5) is 5.13 Å². The Hall–Kier alpha value is -0.610. The monoisotopic (exact) mass is 296 g/mol. The van der Waals surface area contributed by atoms with Gasteiger partial charge in [-0.05, 0) is 44.4 Å². The third-order valence-corrected chi connectivity index (χ3v) is 4.66. The maximum absolute atomic E-state index is 4.62. The summed E-state index contributed by atoms with van der Waals surface area (Å²) in [6, 6.07) is 6.25. The van der Waals surface area contributed by atoms with Crippen molar-refractivity contribution < 1.29 is 0 Å². The van der Waals surface area contributed by atoms with E-state index in [0.29, 0.717) is 0 Å². The molecule has 0 spiro atoms. The van der Waals surface area contributed by atoms with Crippen LogP contribution in [0, 0.1) is 0 Å². The Kier molecular flexibility index (Phi) is 2.44. The molecule has 2 nitrogen and oxygen atoms in total. The first-order valence-electron chi connectivity index (χ1n) is 5.49. The van der Waals surface area contributed by atoms with Gasteiger partial charge < -0.3 is 5.32 Å². The molecule has 0 unspecified atom stereocenters. The molecule has 0 aliphatic heterocycles. The van der Waals surface area contributed by atoms with E-state index in [2.05, 4.69) is 51.4 Å². The molecular weight excluding hydrogens is 284 g/mol. The summed E-state index contributed by atoms with van der Waals surface area (Å²) in [6.07, 6.45) is 3.85. The molecule has 0 atom stereocenters. The molecule has 16 heavy (non-hydrogen) atoms. The normalized spacial score (nSPS) is 18.4. The van der Waals surface area contributed by atoms with Gasteiger partial charge in [0.2, 0.25) is 0 Å². The maximum Gasteiger partial charge on any atom is 0.184 e. The fourth-order valence-corrected chi connectivity index (χ4v) is 3.39. The Balaban J connectivity index is 1.93. The van der Waals surface area contributed by atoms with Crippen LogP contribution in [0.2, 0.25) is 0 Å². The van der Waals surface area contributed by atoms with Crippen molar-refractivity contribution >= 4 is 42.6 Å². The van der Waals surface area contributed by atoms with Gasteiger partial charge in [-0.3, -0.25) is 0 Å². The van der Waals surface area contributed by atoms with Crippen LogP contribution in [-0.4, -0.2) is 10.5 Å². The molecule has 1 aliphatic rings. The fraction of sp³-hybridized carbons (Fsp3) is 0.417. The molecule has 3 rings (SSSR count). The van der Waals surface area contributed by atoms with E-state index in [1.54, 1.807) is 11.3 Å². The van der Waals surface area contributed by atoms with Crippen molar-refractivity contribution in [3.63, 3.8) is 0 Å². The highest BCUT2D eigenvalue weighted by Gasteiger charge is 2.32. The van der Waals surface area contributed by atoms with Gasteiger partial charge in [0.05, 0.1) is 10.2 Å². The molecule has 1 heterocycles. The quantitative estimate of drug-likeness (QED) is 0.888. The number of anilines is 1. The number of fused-ring (bicyclic) bond motifs is 1. The van der Waals surface area contributed by atoms with Crippen molar-refractivity contribution in [1.29, 1.82) is 0 Å². The van der Waals surface area contributed by atoms with Crippen molar-refractivity contribution in [2.24, 2.45) is 0 Å². The third-order valence-electron chi connectivity index (χ3n) is 3.22. The average molecular weight is 297 g/mol. The van der Waals surface area contributed by atoms with Crippen LogP contribution in [0.25, 0.3) is 10.2 Å². The number of nitrogens with zero attached hydrogens (tertiary/aromatic N) is 1. The van der Waals surface area contributed by atoms with E-state index in [0.717, 1.165) is 15.1 Å². The molecule has 0 bridgehead atoms. The van der Waals surface area contributed by atoms with Crippen molar-refractivity contribution in [2.45, 2.75) is 31.7 Å². The molecule has 1 N–H and O–H groups in total. The summed E-state index contributed by atoms with van der Waals surface area (Å²) in [7, 11) is 0. The van der Waals surface area contributed by atoms with Gasteiger partial charge in [-0.1, -0.05) is 27.3 Å². The summed E-state index contributed by atoms with van der Waals surface area (Å²) in [5.41, 5.74) is 1.36. The average Bonchev–Trinajstić information content (AvgIpc) is 2.56. The largest absolute Gasteiger partial charge is 0.356 e. The summed E-state index contributed by atoms with van der Waals surface area (Å²) in [4.78, 5) is 4.62. The summed E-state index contributed by atoms with van der Waals surface area (Å²) in [5, 5.41) is 4.61. The molecule has 0 amide bonds. The first-order valence-corrected chi connectivity index (χ1v) is 7.10. The topological polar surface area (TPSA) is 24.9 Å². The second-order valence-corrected chi connectivity index (χ2v) is 6.62. The summed E-state index contributed by atoms with van der Waals surface area (Å²) in [6.45, 7) is 2.28. The molecule has 0 radical (unpaired) electrons. The van der Waals surface area contributed by atoms with Crippen LogP contribution in [-0.2, 0) is 0 Å². The first kappa shape index (κ1) is 10.5. The Morgan fingerprint density at radius 2 is 2.25 bits per heavy atom. The smallest absolute Gasteiger partial charge is 0.184 e. The number of benzene rings is 1. The highest BCUT2D eigenvalue weighted by Crippen LogP contribution is 2.37. The zero-order chi connectivity index (χ0) is 11.2. The van der Waals surface area contributed by atoms with Gasteiger partial charge in [0.15, 0.2) is 5.13 Å². The Labute approximate surface area is 107 Å². The van der Waals surface area contributed by atoms with Crippen LogP contribution in [0.5, 0.6) is 0 Å². The lowest BCUT2D eigenvalue weighted by Crippen LogP contribution is -2.41. The van der Waals surface area contributed by atoms with E-state index >= 15 is 0 Å². The molecule has 4 heteroatoms. The molecule has 1 aromatic heterocycles. The van der Waals surface area contributed by atoms with E-state index in [1.807, 2.05) is 0 Å². The zero-order valence-corrected chi connectivity index (χ0v) is 11.5. The van der Waals surface area contributed by atoms with Gasteiger partial charge in [0.25, 0.3) is 0 Å². The Morgan fingerprint density at radius 3 is 2.94 bits per heavy atom. The number of rotatable bonds is 2. The molecule has 1 aliphatic carbocycles. The van der Waals surface area contributed by atoms with E-state index < -0.39 is 0 Å². The third kappa shape index (κ3) is 1.84. The maximum atomic E-state index is 4.62. The molecule has 1 fully saturated rings. The predicted octanol–water partition coefficient (Wildman–Crippen LogP) is 4.41. The van der Waals surface area contributed by atoms with E-state index in [4.69, 9.17) is 0 Å². The lowest BCUT2D eigenvalue weighted by molar-refractivity contribution is 0.306. The van der Waals surface area contributed by atoms with Gasteiger partial charge in [-0.2, -0.15) is 0 Å². The second-order valence-electron chi connectivity index (χ2n) is 4.67. The Morgan fingerprint density at radius 1 is 1.44 bits per heavy atom. The van der Waals surface area contributed by atoms with Crippen LogP contribution >= 0.6 is 27.3 Å². The molecule has 1 aromatic carbocycles. The number of nitrogens with one attached hydrogen (secondary N) is 1. The van der Waals surface area contributed by atoms with Crippen LogP contribution in [0.3, 0.4) is 0 Å². The van der Waals surface area contributed by atoms with Crippen molar-refractivity contribution in [2.75, 3.05) is 5.32 Å². The van der Waals surface area contributed by atoms with Gasteiger partial charge in [0.1, 0.15) is 0 Å². The summed E-state index contributed by atoms with van der Waals surface area (Å²) < 4.78 is 2.33. The molecular formula is C12H13BrN2S.